The zero-order valence-corrected chi connectivity index (χ0v) is 8.91. The Morgan fingerprint density at radius 2 is 2.23 bits per heavy atom. The predicted octanol–water partition coefficient (Wildman–Crippen LogP) is 0.498. The number of aryl methyl sites for hydroxylation is 1. The van der Waals surface area contributed by atoms with E-state index in [2.05, 4.69) is 4.98 Å². The average Bonchev–Trinajstić information content (AvgIpc) is 2.30. The standard InChI is InChI=1S/C6H10N2O3S2/c1-3-11-6-5(13(7,9)10)8-4(2)12-6/h3H2,1-2H3,(H2,7,9,10). The van der Waals surface area contributed by atoms with Crippen molar-refractivity contribution in [3.8, 4) is 5.06 Å². The lowest BCUT2D eigenvalue weighted by molar-refractivity contribution is 0.340. The van der Waals surface area contributed by atoms with Crippen LogP contribution in [0.4, 0.5) is 0 Å². The van der Waals surface area contributed by atoms with Gasteiger partial charge in [-0.1, -0.05) is 11.3 Å². The van der Waals surface area contributed by atoms with Crippen LogP contribution in [0, 0.1) is 6.92 Å². The molecule has 0 fully saturated rings. The van der Waals surface area contributed by atoms with E-state index in [1.165, 1.54) is 11.3 Å². The van der Waals surface area contributed by atoms with E-state index in [4.69, 9.17) is 9.88 Å². The number of aromatic nitrogens is 1. The van der Waals surface area contributed by atoms with Gasteiger partial charge in [0.2, 0.25) is 10.1 Å². The molecule has 0 radical (unpaired) electrons. The summed E-state index contributed by atoms with van der Waals surface area (Å²) in [4.78, 5) is 3.78. The molecule has 2 N–H and O–H groups in total. The van der Waals surface area contributed by atoms with Gasteiger partial charge in [0, 0.05) is 0 Å². The van der Waals surface area contributed by atoms with Crippen LogP contribution in [-0.2, 0) is 10.0 Å². The van der Waals surface area contributed by atoms with Crippen molar-refractivity contribution >= 4 is 21.4 Å². The topological polar surface area (TPSA) is 82.3 Å². The third kappa shape index (κ3) is 2.39. The molecule has 0 aliphatic heterocycles. The number of rotatable bonds is 3. The summed E-state index contributed by atoms with van der Waals surface area (Å²) >= 11 is 1.17. The number of hydrogen-bond donors (Lipinski definition) is 1. The van der Waals surface area contributed by atoms with Crippen molar-refractivity contribution in [1.29, 1.82) is 0 Å². The summed E-state index contributed by atoms with van der Waals surface area (Å²) in [5, 5.41) is 5.65. The average molecular weight is 222 g/mol. The first-order valence-electron chi connectivity index (χ1n) is 3.58. The third-order valence-electron chi connectivity index (χ3n) is 1.22. The number of primary sulfonamides is 1. The van der Waals surface area contributed by atoms with E-state index in [9.17, 15) is 8.42 Å². The van der Waals surface area contributed by atoms with Crippen LogP contribution in [0.1, 0.15) is 11.9 Å². The van der Waals surface area contributed by atoms with Gasteiger partial charge in [0.15, 0.2) is 0 Å². The zero-order valence-electron chi connectivity index (χ0n) is 7.27. The summed E-state index contributed by atoms with van der Waals surface area (Å²) in [5.74, 6) is 0. The molecule has 7 heteroatoms. The van der Waals surface area contributed by atoms with E-state index in [-0.39, 0.29) is 10.1 Å². The minimum atomic E-state index is -3.76. The monoisotopic (exact) mass is 222 g/mol. The van der Waals surface area contributed by atoms with Crippen LogP contribution >= 0.6 is 11.3 Å². The van der Waals surface area contributed by atoms with Crippen molar-refractivity contribution in [2.24, 2.45) is 5.14 Å². The molecule has 0 bridgehead atoms. The van der Waals surface area contributed by atoms with Gasteiger partial charge in [0.1, 0.15) is 0 Å². The number of nitrogens with two attached hydrogens (primary N) is 1. The maximum atomic E-state index is 11.0. The molecule has 1 aromatic heterocycles. The first-order valence-corrected chi connectivity index (χ1v) is 5.94. The molecule has 0 spiro atoms. The summed E-state index contributed by atoms with van der Waals surface area (Å²) in [6.07, 6.45) is 0. The quantitative estimate of drug-likeness (QED) is 0.807. The molecule has 0 atom stereocenters. The first kappa shape index (κ1) is 10.4. The van der Waals surface area contributed by atoms with Gasteiger partial charge in [-0.2, -0.15) is 0 Å². The molecular weight excluding hydrogens is 212 g/mol. The molecule has 13 heavy (non-hydrogen) atoms. The molecule has 0 amide bonds. The van der Waals surface area contributed by atoms with Crippen LogP contribution < -0.4 is 9.88 Å². The van der Waals surface area contributed by atoms with E-state index in [0.717, 1.165) is 0 Å². The second-order valence-corrected chi connectivity index (χ2v) is 4.95. The summed E-state index contributed by atoms with van der Waals surface area (Å²) in [6, 6.07) is 0. The van der Waals surface area contributed by atoms with Crippen molar-refractivity contribution in [3.05, 3.63) is 5.01 Å². The molecule has 0 aliphatic carbocycles. The van der Waals surface area contributed by atoms with Crippen LogP contribution in [0.3, 0.4) is 0 Å². The fourth-order valence-electron chi connectivity index (χ4n) is 0.791. The van der Waals surface area contributed by atoms with E-state index < -0.39 is 10.0 Å². The molecule has 1 rings (SSSR count). The van der Waals surface area contributed by atoms with Gasteiger partial charge in [-0.25, -0.2) is 18.5 Å². The van der Waals surface area contributed by atoms with Gasteiger partial charge in [0.25, 0.3) is 10.0 Å². The Bertz CT molecular complexity index is 396. The Balaban J connectivity index is 3.20. The number of hydrogen-bond acceptors (Lipinski definition) is 5. The van der Waals surface area contributed by atoms with Crippen LogP contribution in [-0.4, -0.2) is 20.0 Å². The molecule has 0 saturated carbocycles. The second-order valence-electron chi connectivity index (χ2n) is 2.30. The second kappa shape index (κ2) is 3.60. The Kier molecular flexibility index (Phi) is 2.89. The van der Waals surface area contributed by atoms with Gasteiger partial charge >= 0.3 is 0 Å². The van der Waals surface area contributed by atoms with Crippen molar-refractivity contribution in [2.45, 2.75) is 18.9 Å². The maximum Gasteiger partial charge on any atom is 0.260 e. The smallest absolute Gasteiger partial charge is 0.260 e. The normalized spacial score (nSPS) is 11.6. The van der Waals surface area contributed by atoms with Crippen molar-refractivity contribution < 1.29 is 13.2 Å². The Hall–Kier alpha value is -0.660. The van der Waals surface area contributed by atoms with Crippen LogP contribution in [0.25, 0.3) is 0 Å². The highest BCUT2D eigenvalue weighted by Crippen LogP contribution is 2.29. The van der Waals surface area contributed by atoms with Gasteiger partial charge in [-0.05, 0) is 13.8 Å². The first-order chi connectivity index (χ1) is 5.95. The van der Waals surface area contributed by atoms with Crippen LogP contribution in [0.5, 0.6) is 5.06 Å². The maximum absolute atomic E-state index is 11.0. The zero-order chi connectivity index (χ0) is 10.1. The van der Waals surface area contributed by atoms with Crippen molar-refractivity contribution in [1.82, 2.24) is 4.98 Å². The molecular formula is C6H10N2O3S2. The lowest BCUT2D eigenvalue weighted by Crippen LogP contribution is -2.13. The molecule has 5 nitrogen and oxygen atoms in total. The minimum absolute atomic E-state index is 0.170. The largest absolute Gasteiger partial charge is 0.482 e. The van der Waals surface area contributed by atoms with Gasteiger partial charge in [0.05, 0.1) is 11.6 Å². The molecule has 0 aromatic carbocycles. The Morgan fingerprint density at radius 3 is 2.69 bits per heavy atom. The highest BCUT2D eigenvalue weighted by atomic mass is 32.2. The predicted molar refractivity (Wildman–Crippen MR) is 49.4 cm³/mol. The lowest BCUT2D eigenvalue weighted by Gasteiger charge is -1.99. The molecule has 0 unspecified atom stereocenters. The number of ether oxygens (including phenoxy) is 1. The molecule has 1 aromatic rings. The van der Waals surface area contributed by atoms with Gasteiger partial charge in [-0.3, -0.25) is 0 Å². The van der Waals surface area contributed by atoms with E-state index in [0.29, 0.717) is 11.6 Å². The number of thiazole rings is 1. The highest BCUT2D eigenvalue weighted by molar-refractivity contribution is 7.89. The Labute approximate surface area is 80.6 Å². The van der Waals surface area contributed by atoms with E-state index in [1.807, 2.05) is 0 Å². The van der Waals surface area contributed by atoms with E-state index in [1.54, 1.807) is 13.8 Å². The fourth-order valence-corrected chi connectivity index (χ4v) is 2.59. The van der Waals surface area contributed by atoms with Crippen molar-refractivity contribution in [2.75, 3.05) is 6.61 Å². The summed E-state index contributed by atoms with van der Waals surface area (Å²) in [6.45, 7) is 3.86. The third-order valence-corrected chi connectivity index (χ3v) is 3.05. The fraction of sp³-hybridized carbons (Fsp3) is 0.500. The van der Waals surface area contributed by atoms with Crippen LogP contribution in [0.2, 0.25) is 0 Å². The molecule has 74 valence electrons. The summed E-state index contributed by atoms with van der Waals surface area (Å²) in [5.41, 5.74) is 0. The highest BCUT2D eigenvalue weighted by Gasteiger charge is 2.20. The Morgan fingerprint density at radius 1 is 1.62 bits per heavy atom. The minimum Gasteiger partial charge on any atom is -0.482 e. The van der Waals surface area contributed by atoms with Crippen molar-refractivity contribution in [3.63, 3.8) is 0 Å². The number of sulfonamides is 1. The lowest BCUT2D eigenvalue weighted by atomic mass is 10.8. The van der Waals surface area contributed by atoms with Crippen LogP contribution in [0.15, 0.2) is 5.03 Å². The SMILES string of the molecule is CCOc1sc(C)nc1S(N)(=O)=O. The molecule has 1 heterocycles. The summed E-state index contributed by atoms with van der Waals surface area (Å²) in [7, 11) is -3.76. The van der Waals surface area contributed by atoms with Gasteiger partial charge in [-0.15, -0.1) is 0 Å². The van der Waals surface area contributed by atoms with E-state index >= 15 is 0 Å². The molecule has 0 aliphatic rings. The van der Waals surface area contributed by atoms with Gasteiger partial charge < -0.3 is 4.74 Å². The number of nitrogens with zero attached hydrogens (tertiary/aromatic N) is 1. The molecule has 0 saturated heterocycles. The summed E-state index contributed by atoms with van der Waals surface area (Å²) < 4.78 is 27.0.